The molecule has 0 saturated carbocycles. The summed E-state index contributed by atoms with van der Waals surface area (Å²) in [6, 6.07) is 25.2. The number of benzene rings is 3. The van der Waals surface area contributed by atoms with Crippen LogP contribution in [0.5, 0.6) is 0 Å². The molecule has 4 nitrogen and oxygen atoms in total. The third-order valence-electron chi connectivity index (χ3n) is 3.65. The lowest BCUT2D eigenvalue weighted by Gasteiger charge is -2.23. The topological polar surface area (TPSA) is 63.4 Å². The van der Waals surface area contributed by atoms with Crippen molar-refractivity contribution in [1.29, 1.82) is 0 Å². The Hall–Kier alpha value is -3.40. The van der Waals surface area contributed by atoms with E-state index in [2.05, 4.69) is 0 Å². The van der Waals surface area contributed by atoms with Crippen LogP contribution in [0.4, 0.5) is 11.4 Å². The summed E-state index contributed by atoms with van der Waals surface area (Å²) in [5, 5.41) is 0. The van der Waals surface area contributed by atoms with Crippen LogP contribution in [0.15, 0.2) is 84.9 Å². The fraction of sp³-hybridized carbons (Fsp3) is 0. The fourth-order valence-corrected chi connectivity index (χ4v) is 2.44. The van der Waals surface area contributed by atoms with Crippen LogP contribution in [0.1, 0.15) is 20.7 Å². The maximum atomic E-state index is 13.0. The summed E-state index contributed by atoms with van der Waals surface area (Å²) in [5.74, 6) is -0.694. The van der Waals surface area contributed by atoms with Gasteiger partial charge in [-0.15, -0.1) is 0 Å². The molecule has 0 aliphatic heterocycles. The van der Waals surface area contributed by atoms with Gasteiger partial charge in [0.15, 0.2) is 0 Å². The molecule has 0 heterocycles. The van der Waals surface area contributed by atoms with E-state index < -0.39 is 5.91 Å². The Morgan fingerprint density at radius 2 is 1.04 bits per heavy atom. The summed E-state index contributed by atoms with van der Waals surface area (Å²) in [4.78, 5) is 25.9. The second kappa shape index (κ2) is 6.79. The summed E-state index contributed by atoms with van der Waals surface area (Å²) in [6.45, 7) is 0. The van der Waals surface area contributed by atoms with Crippen molar-refractivity contribution in [3.05, 3.63) is 96.1 Å². The van der Waals surface area contributed by atoms with Gasteiger partial charge in [-0.3, -0.25) is 14.5 Å². The Morgan fingerprint density at radius 1 is 0.625 bits per heavy atom. The van der Waals surface area contributed by atoms with Gasteiger partial charge in [0.2, 0.25) is 5.91 Å². The van der Waals surface area contributed by atoms with Crippen LogP contribution < -0.4 is 10.6 Å². The maximum absolute atomic E-state index is 13.0. The van der Waals surface area contributed by atoms with E-state index >= 15 is 0 Å². The molecule has 0 fully saturated rings. The van der Waals surface area contributed by atoms with Crippen molar-refractivity contribution in [2.75, 3.05) is 4.90 Å². The molecule has 2 N–H and O–H groups in total. The van der Waals surface area contributed by atoms with Gasteiger partial charge in [0, 0.05) is 22.5 Å². The number of carbonyl (C=O) groups excluding carboxylic acids is 2. The molecule has 24 heavy (non-hydrogen) atoms. The van der Waals surface area contributed by atoms with Crippen LogP contribution in [0.2, 0.25) is 0 Å². The highest BCUT2D eigenvalue weighted by Crippen LogP contribution is 2.27. The monoisotopic (exact) mass is 316 g/mol. The Morgan fingerprint density at radius 3 is 1.46 bits per heavy atom. The minimum absolute atomic E-state index is 0.177. The molecular weight excluding hydrogens is 300 g/mol. The molecule has 0 saturated heterocycles. The SMILES string of the molecule is NC(=O)c1ccc(C(=O)N(c2ccccc2)c2ccccc2)cc1. The third kappa shape index (κ3) is 3.17. The molecule has 0 unspecified atom stereocenters. The van der Waals surface area contributed by atoms with Crippen molar-refractivity contribution in [1.82, 2.24) is 0 Å². The third-order valence-corrected chi connectivity index (χ3v) is 3.65. The number of hydrogen-bond acceptors (Lipinski definition) is 2. The average Bonchev–Trinajstić information content (AvgIpc) is 2.64. The zero-order valence-corrected chi connectivity index (χ0v) is 12.9. The smallest absolute Gasteiger partial charge is 0.262 e. The van der Waals surface area contributed by atoms with Gasteiger partial charge in [0.25, 0.3) is 5.91 Å². The number of nitrogens with two attached hydrogens (primary N) is 1. The van der Waals surface area contributed by atoms with Crippen molar-refractivity contribution in [3.63, 3.8) is 0 Å². The van der Waals surface area contributed by atoms with Crippen LogP contribution in [0.3, 0.4) is 0 Å². The minimum Gasteiger partial charge on any atom is -0.366 e. The molecule has 4 heteroatoms. The normalized spacial score (nSPS) is 10.2. The molecule has 2 amide bonds. The second-order valence-corrected chi connectivity index (χ2v) is 5.25. The van der Waals surface area contributed by atoms with E-state index in [9.17, 15) is 9.59 Å². The fourth-order valence-electron chi connectivity index (χ4n) is 2.44. The molecule has 0 aliphatic rings. The summed E-state index contributed by atoms with van der Waals surface area (Å²) < 4.78 is 0. The van der Waals surface area contributed by atoms with Gasteiger partial charge in [0.1, 0.15) is 0 Å². The first-order valence-corrected chi connectivity index (χ1v) is 7.51. The first-order valence-electron chi connectivity index (χ1n) is 7.51. The van der Waals surface area contributed by atoms with Crippen LogP contribution >= 0.6 is 0 Å². The molecule has 0 bridgehead atoms. The summed E-state index contributed by atoms with van der Waals surface area (Å²) in [5.41, 5.74) is 7.64. The van der Waals surface area contributed by atoms with Crippen LogP contribution in [0.25, 0.3) is 0 Å². The first kappa shape index (κ1) is 15.5. The number of primary amides is 1. The predicted octanol–water partition coefficient (Wildman–Crippen LogP) is 3.76. The van der Waals surface area contributed by atoms with Crippen LogP contribution in [-0.2, 0) is 0 Å². The van der Waals surface area contributed by atoms with Crippen molar-refractivity contribution < 1.29 is 9.59 Å². The standard InChI is InChI=1S/C20H16N2O2/c21-19(23)15-11-13-16(14-12-15)20(24)22(17-7-3-1-4-8-17)18-9-5-2-6-10-18/h1-14H,(H2,21,23). The summed E-state index contributed by atoms with van der Waals surface area (Å²) in [6.07, 6.45) is 0. The van der Waals surface area contributed by atoms with E-state index in [1.165, 1.54) is 0 Å². The number of amides is 2. The molecule has 3 aromatic rings. The Kier molecular flexibility index (Phi) is 4.38. The van der Waals surface area contributed by atoms with Gasteiger partial charge in [-0.25, -0.2) is 0 Å². The maximum Gasteiger partial charge on any atom is 0.262 e. The van der Waals surface area contributed by atoms with Crippen molar-refractivity contribution >= 4 is 23.2 Å². The molecule has 3 rings (SSSR count). The number of para-hydroxylation sites is 2. The predicted molar refractivity (Wildman–Crippen MR) is 94.3 cm³/mol. The number of carbonyl (C=O) groups is 2. The molecule has 0 aliphatic carbocycles. The van der Waals surface area contributed by atoms with E-state index in [1.807, 2.05) is 60.7 Å². The Balaban J connectivity index is 2.02. The molecular formula is C20H16N2O2. The number of nitrogens with zero attached hydrogens (tertiary/aromatic N) is 1. The Labute approximate surface area is 140 Å². The molecule has 0 radical (unpaired) electrons. The first-order chi connectivity index (χ1) is 11.7. The van der Waals surface area contributed by atoms with Gasteiger partial charge in [-0.2, -0.15) is 0 Å². The van der Waals surface area contributed by atoms with Crippen LogP contribution in [-0.4, -0.2) is 11.8 Å². The lowest BCUT2D eigenvalue weighted by Crippen LogP contribution is -2.26. The highest BCUT2D eigenvalue weighted by molar-refractivity contribution is 6.11. The van der Waals surface area contributed by atoms with Crippen LogP contribution in [0, 0.1) is 0 Å². The molecule has 118 valence electrons. The van der Waals surface area contributed by atoms with E-state index in [4.69, 9.17) is 5.73 Å². The lowest BCUT2D eigenvalue weighted by molar-refractivity contribution is 0.0988. The van der Waals surface area contributed by atoms with E-state index in [1.54, 1.807) is 29.2 Å². The molecule has 0 atom stereocenters. The lowest BCUT2D eigenvalue weighted by atomic mass is 10.1. The van der Waals surface area contributed by atoms with Gasteiger partial charge < -0.3 is 5.73 Å². The number of rotatable bonds is 4. The average molecular weight is 316 g/mol. The van der Waals surface area contributed by atoms with Crippen molar-refractivity contribution in [2.45, 2.75) is 0 Å². The van der Waals surface area contributed by atoms with E-state index in [0.29, 0.717) is 11.1 Å². The van der Waals surface area contributed by atoms with Gasteiger partial charge >= 0.3 is 0 Å². The zero-order chi connectivity index (χ0) is 16.9. The molecule has 3 aromatic carbocycles. The highest BCUT2D eigenvalue weighted by atomic mass is 16.2. The van der Waals surface area contributed by atoms with Crippen molar-refractivity contribution in [3.8, 4) is 0 Å². The molecule has 0 spiro atoms. The number of anilines is 2. The van der Waals surface area contributed by atoms with E-state index in [-0.39, 0.29) is 5.91 Å². The Bertz CT molecular complexity index is 804. The largest absolute Gasteiger partial charge is 0.366 e. The van der Waals surface area contributed by atoms with E-state index in [0.717, 1.165) is 11.4 Å². The summed E-state index contributed by atoms with van der Waals surface area (Å²) in [7, 11) is 0. The quantitative estimate of drug-likeness (QED) is 0.796. The van der Waals surface area contributed by atoms with Gasteiger partial charge in [0.05, 0.1) is 0 Å². The van der Waals surface area contributed by atoms with Gasteiger partial charge in [-0.05, 0) is 48.5 Å². The molecule has 0 aromatic heterocycles. The van der Waals surface area contributed by atoms with Gasteiger partial charge in [-0.1, -0.05) is 36.4 Å². The highest BCUT2D eigenvalue weighted by Gasteiger charge is 2.19. The minimum atomic E-state index is -0.517. The zero-order valence-electron chi connectivity index (χ0n) is 12.9. The number of hydrogen-bond donors (Lipinski definition) is 1. The second-order valence-electron chi connectivity index (χ2n) is 5.25. The summed E-state index contributed by atoms with van der Waals surface area (Å²) >= 11 is 0. The van der Waals surface area contributed by atoms with Crippen molar-refractivity contribution in [2.24, 2.45) is 5.73 Å².